The number of nitrogens with two attached hydrogens (primary N) is 1. The molecular formula is C10H14N2O2. The summed E-state index contributed by atoms with van der Waals surface area (Å²) in [4.78, 5) is 2.01. The maximum Gasteiger partial charge on any atom is 0.144 e. The van der Waals surface area contributed by atoms with Gasteiger partial charge in [0, 0.05) is 18.8 Å². The molecule has 1 atom stereocenters. The van der Waals surface area contributed by atoms with Crippen molar-refractivity contribution in [1.82, 2.24) is 0 Å². The van der Waals surface area contributed by atoms with Gasteiger partial charge in [0.15, 0.2) is 0 Å². The van der Waals surface area contributed by atoms with E-state index in [2.05, 4.69) is 0 Å². The minimum absolute atomic E-state index is 0.0334. The molecule has 1 aliphatic heterocycles. The van der Waals surface area contributed by atoms with Crippen molar-refractivity contribution in [3.05, 3.63) is 18.2 Å². The Morgan fingerprint density at radius 2 is 2.43 bits per heavy atom. The number of fused-ring (bicyclic) bond motifs is 1. The predicted molar refractivity (Wildman–Crippen MR) is 55.6 cm³/mol. The minimum Gasteiger partial charge on any atom is -0.489 e. The monoisotopic (exact) mass is 194 g/mol. The first-order valence-corrected chi connectivity index (χ1v) is 4.58. The van der Waals surface area contributed by atoms with Gasteiger partial charge in [-0.3, -0.25) is 0 Å². The van der Waals surface area contributed by atoms with Crippen LogP contribution in [0.15, 0.2) is 18.2 Å². The van der Waals surface area contributed by atoms with Crippen LogP contribution in [0.2, 0.25) is 0 Å². The molecule has 0 saturated heterocycles. The first kappa shape index (κ1) is 9.15. The van der Waals surface area contributed by atoms with Crippen molar-refractivity contribution in [1.29, 1.82) is 0 Å². The molecule has 0 aliphatic carbocycles. The number of nitrogen functional groups attached to an aromatic ring is 1. The highest BCUT2D eigenvalue weighted by Crippen LogP contribution is 2.34. The number of aliphatic hydroxyl groups is 1. The van der Waals surface area contributed by atoms with E-state index in [0.717, 1.165) is 11.4 Å². The van der Waals surface area contributed by atoms with Gasteiger partial charge in [-0.1, -0.05) is 0 Å². The average molecular weight is 194 g/mol. The number of likely N-dealkylation sites (N-methyl/N-ethyl adjacent to an activating group) is 1. The molecule has 0 saturated carbocycles. The summed E-state index contributed by atoms with van der Waals surface area (Å²) >= 11 is 0. The minimum atomic E-state index is 0.0334. The van der Waals surface area contributed by atoms with Crippen molar-refractivity contribution in [3.63, 3.8) is 0 Å². The molecule has 0 bridgehead atoms. The van der Waals surface area contributed by atoms with Crippen LogP contribution in [0.4, 0.5) is 11.4 Å². The second-order valence-electron chi connectivity index (χ2n) is 3.49. The molecular weight excluding hydrogens is 180 g/mol. The summed E-state index contributed by atoms with van der Waals surface area (Å²) in [5, 5.41) is 9.10. The van der Waals surface area contributed by atoms with Gasteiger partial charge in [0.25, 0.3) is 0 Å². The Balaban J connectivity index is 2.36. The first-order chi connectivity index (χ1) is 6.72. The van der Waals surface area contributed by atoms with E-state index in [-0.39, 0.29) is 12.6 Å². The van der Waals surface area contributed by atoms with Crippen LogP contribution in [0.5, 0.6) is 5.75 Å². The lowest BCUT2D eigenvalue weighted by Crippen LogP contribution is -2.42. The summed E-state index contributed by atoms with van der Waals surface area (Å²) in [6.07, 6.45) is 0. The highest BCUT2D eigenvalue weighted by atomic mass is 16.5. The molecule has 0 fully saturated rings. The lowest BCUT2D eigenvalue weighted by atomic mass is 10.1. The zero-order valence-corrected chi connectivity index (χ0v) is 8.10. The molecule has 0 aromatic heterocycles. The number of rotatable bonds is 1. The fourth-order valence-electron chi connectivity index (χ4n) is 1.61. The summed E-state index contributed by atoms with van der Waals surface area (Å²) in [7, 11) is 1.94. The predicted octanol–water partition coefficient (Wildman–Crippen LogP) is 0.458. The molecule has 1 heterocycles. The molecule has 3 N–H and O–H groups in total. The lowest BCUT2D eigenvalue weighted by molar-refractivity contribution is 0.191. The quantitative estimate of drug-likeness (QED) is 0.638. The molecule has 1 aromatic carbocycles. The summed E-state index contributed by atoms with van der Waals surface area (Å²) in [5.74, 6) is 0.789. The van der Waals surface area contributed by atoms with Gasteiger partial charge in [0.1, 0.15) is 12.4 Å². The van der Waals surface area contributed by atoms with Crippen molar-refractivity contribution in [3.8, 4) is 5.75 Å². The van der Waals surface area contributed by atoms with E-state index < -0.39 is 0 Å². The standard InChI is InChI=1S/C10H14N2O2/c1-12-8(5-13)6-14-10-4-7(11)2-3-9(10)12/h2-4,8,13H,5-6,11H2,1H3. The van der Waals surface area contributed by atoms with Crippen molar-refractivity contribution in [2.75, 3.05) is 30.9 Å². The third-order valence-corrected chi connectivity index (χ3v) is 2.55. The van der Waals surface area contributed by atoms with Gasteiger partial charge < -0.3 is 20.5 Å². The number of anilines is 2. The topological polar surface area (TPSA) is 58.7 Å². The molecule has 1 aromatic rings. The van der Waals surface area contributed by atoms with Gasteiger partial charge in [-0.25, -0.2) is 0 Å². The smallest absolute Gasteiger partial charge is 0.144 e. The maximum atomic E-state index is 9.10. The van der Waals surface area contributed by atoms with E-state index in [0.29, 0.717) is 12.3 Å². The number of aliphatic hydroxyl groups excluding tert-OH is 1. The molecule has 14 heavy (non-hydrogen) atoms. The summed E-state index contributed by atoms with van der Waals surface area (Å²) in [5.41, 5.74) is 7.32. The van der Waals surface area contributed by atoms with E-state index in [1.807, 2.05) is 24.1 Å². The Kier molecular flexibility index (Phi) is 2.21. The van der Waals surface area contributed by atoms with Crippen molar-refractivity contribution in [2.24, 2.45) is 0 Å². The fourth-order valence-corrected chi connectivity index (χ4v) is 1.61. The van der Waals surface area contributed by atoms with Crippen LogP contribution in [0.1, 0.15) is 0 Å². The molecule has 1 aliphatic rings. The number of hydrogen-bond donors (Lipinski definition) is 2. The molecule has 0 spiro atoms. The number of hydrogen-bond acceptors (Lipinski definition) is 4. The Hall–Kier alpha value is -1.42. The molecule has 0 amide bonds. The Morgan fingerprint density at radius 1 is 1.64 bits per heavy atom. The van der Waals surface area contributed by atoms with E-state index in [9.17, 15) is 0 Å². The number of nitrogens with zero attached hydrogens (tertiary/aromatic N) is 1. The fraction of sp³-hybridized carbons (Fsp3) is 0.400. The van der Waals surface area contributed by atoms with E-state index in [4.69, 9.17) is 15.6 Å². The number of ether oxygens (including phenoxy) is 1. The summed E-state index contributed by atoms with van der Waals surface area (Å²) in [6, 6.07) is 5.58. The molecule has 4 nitrogen and oxygen atoms in total. The summed E-state index contributed by atoms with van der Waals surface area (Å²) in [6.45, 7) is 0.601. The average Bonchev–Trinajstić information content (AvgIpc) is 2.18. The van der Waals surface area contributed by atoms with E-state index in [1.54, 1.807) is 6.07 Å². The van der Waals surface area contributed by atoms with Gasteiger partial charge in [-0.15, -0.1) is 0 Å². The molecule has 0 radical (unpaired) electrons. The van der Waals surface area contributed by atoms with Crippen LogP contribution in [0.3, 0.4) is 0 Å². The number of benzene rings is 1. The van der Waals surface area contributed by atoms with Crippen molar-refractivity contribution >= 4 is 11.4 Å². The second kappa shape index (κ2) is 3.38. The van der Waals surface area contributed by atoms with Crippen LogP contribution in [-0.2, 0) is 0 Å². The van der Waals surface area contributed by atoms with Gasteiger partial charge in [0.2, 0.25) is 0 Å². The molecule has 4 heteroatoms. The van der Waals surface area contributed by atoms with Gasteiger partial charge in [-0.05, 0) is 12.1 Å². The van der Waals surface area contributed by atoms with Crippen LogP contribution in [-0.4, -0.2) is 31.4 Å². The van der Waals surface area contributed by atoms with E-state index >= 15 is 0 Å². The van der Waals surface area contributed by atoms with Crippen molar-refractivity contribution in [2.45, 2.75) is 6.04 Å². The van der Waals surface area contributed by atoms with Crippen LogP contribution >= 0.6 is 0 Å². The lowest BCUT2D eigenvalue weighted by Gasteiger charge is -2.34. The Labute approximate surface area is 82.9 Å². The van der Waals surface area contributed by atoms with Crippen LogP contribution < -0.4 is 15.4 Å². The third kappa shape index (κ3) is 1.37. The van der Waals surface area contributed by atoms with Gasteiger partial charge in [-0.2, -0.15) is 0 Å². The SMILES string of the molecule is CN1c2ccc(N)cc2OCC1CO. The maximum absolute atomic E-state index is 9.10. The zero-order valence-electron chi connectivity index (χ0n) is 8.10. The Morgan fingerprint density at radius 3 is 3.14 bits per heavy atom. The van der Waals surface area contributed by atoms with Crippen LogP contribution in [0.25, 0.3) is 0 Å². The van der Waals surface area contributed by atoms with Gasteiger partial charge in [0.05, 0.1) is 18.3 Å². The van der Waals surface area contributed by atoms with Crippen LogP contribution in [0, 0.1) is 0 Å². The molecule has 1 unspecified atom stereocenters. The molecule has 76 valence electrons. The highest BCUT2D eigenvalue weighted by Gasteiger charge is 2.23. The zero-order chi connectivity index (χ0) is 10.1. The van der Waals surface area contributed by atoms with Crippen molar-refractivity contribution < 1.29 is 9.84 Å². The molecule has 2 rings (SSSR count). The normalized spacial score (nSPS) is 20.1. The second-order valence-corrected chi connectivity index (χ2v) is 3.49. The third-order valence-electron chi connectivity index (χ3n) is 2.55. The first-order valence-electron chi connectivity index (χ1n) is 4.58. The van der Waals surface area contributed by atoms with Gasteiger partial charge >= 0.3 is 0 Å². The largest absolute Gasteiger partial charge is 0.489 e. The summed E-state index contributed by atoms with van der Waals surface area (Å²) < 4.78 is 5.50. The van der Waals surface area contributed by atoms with E-state index in [1.165, 1.54) is 0 Å². The Bertz CT molecular complexity index is 341. The highest BCUT2D eigenvalue weighted by molar-refractivity contribution is 5.65.